The van der Waals surface area contributed by atoms with Gasteiger partial charge in [0.1, 0.15) is 10.8 Å². The number of nitrogens with zero attached hydrogens (tertiary/aromatic N) is 1. The molecule has 2 aromatic rings. The van der Waals surface area contributed by atoms with Crippen LogP contribution in [0.15, 0.2) is 47.5 Å². The lowest BCUT2D eigenvalue weighted by atomic mass is 10.1. The van der Waals surface area contributed by atoms with Crippen molar-refractivity contribution in [2.45, 2.75) is 20.8 Å². The molecule has 0 radical (unpaired) electrons. The Morgan fingerprint density at radius 3 is 2.32 bits per heavy atom. The van der Waals surface area contributed by atoms with Crippen molar-refractivity contribution in [1.82, 2.24) is 0 Å². The van der Waals surface area contributed by atoms with E-state index in [0.717, 1.165) is 16.0 Å². The average Bonchev–Trinajstić information content (AvgIpc) is 2.81. The van der Waals surface area contributed by atoms with E-state index in [2.05, 4.69) is 0 Å². The van der Waals surface area contributed by atoms with Gasteiger partial charge in [-0.25, -0.2) is 4.90 Å². The average molecular weight is 356 g/mol. The quantitative estimate of drug-likeness (QED) is 0.771. The fraction of sp³-hybridized carbons (Fsp3) is 0.200. The highest BCUT2D eigenvalue weighted by atomic mass is 35.5. The standard InChI is InChI=1S/C20H18ClNO3/c1-4-25-15-9-7-14(8-10-15)17-18(21)20(24)22(19(17)23)16-11-12(2)5-6-13(16)3/h5-11H,4H2,1-3H3. The van der Waals surface area contributed by atoms with E-state index < -0.39 is 11.8 Å². The van der Waals surface area contributed by atoms with E-state index >= 15 is 0 Å². The summed E-state index contributed by atoms with van der Waals surface area (Å²) < 4.78 is 5.41. The summed E-state index contributed by atoms with van der Waals surface area (Å²) >= 11 is 6.23. The Morgan fingerprint density at radius 2 is 1.68 bits per heavy atom. The Labute approximate surface area is 151 Å². The third kappa shape index (κ3) is 3.05. The first-order valence-corrected chi connectivity index (χ1v) is 8.41. The van der Waals surface area contributed by atoms with Crippen LogP contribution in [0, 0.1) is 13.8 Å². The molecule has 4 nitrogen and oxygen atoms in total. The first kappa shape index (κ1) is 17.2. The number of carbonyl (C=O) groups is 2. The van der Waals surface area contributed by atoms with Crippen molar-refractivity contribution in [3.63, 3.8) is 0 Å². The van der Waals surface area contributed by atoms with Gasteiger partial charge in [0.25, 0.3) is 11.8 Å². The molecular formula is C20H18ClNO3. The number of aryl methyl sites for hydroxylation is 2. The second kappa shape index (κ2) is 6.73. The Kier molecular flexibility index (Phi) is 4.64. The molecule has 0 spiro atoms. The molecule has 0 bridgehead atoms. The number of imide groups is 1. The van der Waals surface area contributed by atoms with Crippen molar-refractivity contribution in [3.8, 4) is 5.75 Å². The van der Waals surface area contributed by atoms with Crippen LogP contribution in [-0.4, -0.2) is 18.4 Å². The molecule has 5 heteroatoms. The molecule has 128 valence electrons. The molecule has 1 aliphatic rings. The van der Waals surface area contributed by atoms with Crippen LogP contribution in [0.3, 0.4) is 0 Å². The normalized spacial score (nSPS) is 14.5. The summed E-state index contributed by atoms with van der Waals surface area (Å²) in [6.07, 6.45) is 0. The molecule has 25 heavy (non-hydrogen) atoms. The first-order chi connectivity index (χ1) is 11.9. The highest BCUT2D eigenvalue weighted by Gasteiger charge is 2.39. The van der Waals surface area contributed by atoms with Gasteiger partial charge in [-0.1, -0.05) is 35.9 Å². The smallest absolute Gasteiger partial charge is 0.277 e. The molecule has 2 aromatic carbocycles. The van der Waals surface area contributed by atoms with Gasteiger partial charge in [-0.15, -0.1) is 0 Å². The van der Waals surface area contributed by atoms with Crippen molar-refractivity contribution in [2.24, 2.45) is 0 Å². The second-order valence-electron chi connectivity index (χ2n) is 5.88. The van der Waals surface area contributed by atoms with E-state index in [1.54, 1.807) is 24.3 Å². The Hall–Kier alpha value is -2.59. The van der Waals surface area contributed by atoms with E-state index in [-0.39, 0.29) is 10.6 Å². The minimum absolute atomic E-state index is 0.0601. The summed E-state index contributed by atoms with van der Waals surface area (Å²) in [6, 6.07) is 12.6. The fourth-order valence-corrected chi connectivity index (χ4v) is 3.09. The van der Waals surface area contributed by atoms with Crippen LogP contribution in [0.2, 0.25) is 0 Å². The van der Waals surface area contributed by atoms with E-state index in [4.69, 9.17) is 16.3 Å². The number of benzene rings is 2. The van der Waals surface area contributed by atoms with Gasteiger partial charge < -0.3 is 4.74 Å². The zero-order valence-electron chi connectivity index (χ0n) is 14.3. The van der Waals surface area contributed by atoms with Crippen molar-refractivity contribution < 1.29 is 14.3 Å². The van der Waals surface area contributed by atoms with Crippen molar-refractivity contribution >= 4 is 34.7 Å². The third-order valence-electron chi connectivity index (χ3n) is 4.09. The molecular weight excluding hydrogens is 338 g/mol. The van der Waals surface area contributed by atoms with Crippen molar-refractivity contribution in [1.29, 1.82) is 0 Å². The van der Waals surface area contributed by atoms with Crippen molar-refractivity contribution in [3.05, 3.63) is 64.2 Å². The molecule has 0 unspecified atom stereocenters. The molecule has 1 aliphatic heterocycles. The maximum atomic E-state index is 12.9. The molecule has 0 atom stereocenters. The summed E-state index contributed by atoms with van der Waals surface area (Å²) in [6.45, 7) is 6.23. The van der Waals surface area contributed by atoms with E-state index in [1.165, 1.54) is 0 Å². The maximum absolute atomic E-state index is 12.9. The van der Waals surface area contributed by atoms with Gasteiger partial charge in [0.15, 0.2) is 0 Å². The van der Waals surface area contributed by atoms with Crippen LogP contribution in [0.1, 0.15) is 23.6 Å². The Morgan fingerprint density at radius 1 is 1.00 bits per heavy atom. The Balaban J connectivity index is 2.01. The predicted octanol–water partition coefficient (Wildman–Crippen LogP) is 4.23. The van der Waals surface area contributed by atoms with E-state index in [1.807, 2.05) is 39.0 Å². The number of rotatable bonds is 4. The summed E-state index contributed by atoms with van der Waals surface area (Å²) in [5, 5.41) is -0.0601. The maximum Gasteiger partial charge on any atom is 0.277 e. The minimum Gasteiger partial charge on any atom is -0.494 e. The monoisotopic (exact) mass is 355 g/mol. The number of ether oxygens (including phenoxy) is 1. The largest absolute Gasteiger partial charge is 0.494 e. The molecule has 0 aromatic heterocycles. The summed E-state index contributed by atoms with van der Waals surface area (Å²) in [5.41, 5.74) is 3.18. The van der Waals surface area contributed by atoms with Gasteiger partial charge in [-0.2, -0.15) is 0 Å². The van der Waals surface area contributed by atoms with E-state index in [9.17, 15) is 9.59 Å². The van der Waals surface area contributed by atoms with Crippen LogP contribution < -0.4 is 9.64 Å². The lowest BCUT2D eigenvalue weighted by Gasteiger charge is -2.18. The number of hydrogen-bond donors (Lipinski definition) is 0. The second-order valence-corrected chi connectivity index (χ2v) is 6.26. The lowest BCUT2D eigenvalue weighted by molar-refractivity contribution is -0.119. The van der Waals surface area contributed by atoms with Gasteiger partial charge >= 0.3 is 0 Å². The summed E-state index contributed by atoms with van der Waals surface area (Å²) in [7, 11) is 0. The SMILES string of the molecule is CCOc1ccc(C2=C(Cl)C(=O)N(c3cc(C)ccc3C)C2=O)cc1. The number of hydrogen-bond acceptors (Lipinski definition) is 3. The molecule has 0 saturated carbocycles. The van der Waals surface area contributed by atoms with Crippen LogP contribution in [0.25, 0.3) is 5.57 Å². The highest BCUT2D eigenvalue weighted by molar-refractivity contribution is 6.60. The first-order valence-electron chi connectivity index (χ1n) is 8.03. The van der Waals surface area contributed by atoms with Gasteiger partial charge in [0.05, 0.1) is 17.9 Å². The fourth-order valence-electron chi connectivity index (χ4n) is 2.82. The van der Waals surface area contributed by atoms with Gasteiger partial charge in [-0.3, -0.25) is 9.59 Å². The topological polar surface area (TPSA) is 46.6 Å². The third-order valence-corrected chi connectivity index (χ3v) is 4.44. The van der Waals surface area contributed by atoms with Crippen LogP contribution in [0.4, 0.5) is 5.69 Å². The van der Waals surface area contributed by atoms with Gasteiger partial charge in [-0.05, 0) is 55.7 Å². The molecule has 3 rings (SSSR count). The molecule has 0 saturated heterocycles. The number of anilines is 1. The van der Waals surface area contributed by atoms with Gasteiger partial charge in [0, 0.05) is 0 Å². The van der Waals surface area contributed by atoms with Crippen molar-refractivity contribution in [2.75, 3.05) is 11.5 Å². The molecule has 0 aliphatic carbocycles. The molecule has 2 amide bonds. The summed E-state index contributed by atoms with van der Waals surface area (Å²) in [4.78, 5) is 26.7. The number of carbonyl (C=O) groups excluding carboxylic acids is 2. The van der Waals surface area contributed by atoms with Crippen LogP contribution in [-0.2, 0) is 9.59 Å². The number of amides is 2. The molecule has 0 N–H and O–H groups in total. The zero-order valence-corrected chi connectivity index (χ0v) is 15.1. The number of halogens is 1. The highest BCUT2D eigenvalue weighted by Crippen LogP contribution is 2.36. The molecule has 0 fully saturated rings. The van der Waals surface area contributed by atoms with Crippen LogP contribution in [0.5, 0.6) is 5.75 Å². The minimum atomic E-state index is -0.496. The van der Waals surface area contributed by atoms with E-state index in [0.29, 0.717) is 23.6 Å². The van der Waals surface area contributed by atoms with Gasteiger partial charge in [0.2, 0.25) is 0 Å². The predicted molar refractivity (Wildman–Crippen MR) is 98.8 cm³/mol. The Bertz CT molecular complexity index is 884. The summed E-state index contributed by atoms with van der Waals surface area (Å²) in [5.74, 6) is -0.205. The molecule has 1 heterocycles. The zero-order chi connectivity index (χ0) is 18.1. The lowest BCUT2D eigenvalue weighted by Crippen LogP contribution is -2.31. The van der Waals surface area contributed by atoms with Crippen LogP contribution >= 0.6 is 11.6 Å².